The Labute approximate surface area is 120 Å². The minimum absolute atomic E-state index is 0. The lowest BCUT2D eigenvalue weighted by molar-refractivity contribution is -0.198. The number of benzene rings is 1. The lowest BCUT2D eigenvalue weighted by Gasteiger charge is -2.20. The van der Waals surface area contributed by atoms with Gasteiger partial charge in [0.05, 0.1) is 13.2 Å². The first-order valence-electron chi connectivity index (χ1n) is 5.09. The van der Waals surface area contributed by atoms with E-state index < -0.39 is 0 Å². The van der Waals surface area contributed by atoms with Crippen molar-refractivity contribution in [3.63, 3.8) is 0 Å². The van der Waals surface area contributed by atoms with Crippen LogP contribution in [-0.4, -0.2) is 18.8 Å². The van der Waals surface area contributed by atoms with Gasteiger partial charge < -0.3 is 0 Å². The van der Waals surface area contributed by atoms with Gasteiger partial charge in [-0.2, -0.15) is 0 Å². The van der Waals surface area contributed by atoms with Crippen molar-refractivity contribution < 1.29 is 4.84 Å². The maximum absolute atomic E-state index is 6.05. The quantitative estimate of drug-likeness (QED) is 0.814. The van der Waals surface area contributed by atoms with E-state index in [1.54, 1.807) is 5.17 Å². The molecule has 0 aliphatic heterocycles. The summed E-state index contributed by atoms with van der Waals surface area (Å²) in [5, 5.41) is 2.45. The van der Waals surface area contributed by atoms with Gasteiger partial charge in [0, 0.05) is 12.1 Å². The summed E-state index contributed by atoms with van der Waals surface area (Å²) in [5.74, 6) is 0. The van der Waals surface area contributed by atoms with E-state index in [1.807, 2.05) is 31.3 Å². The average molecular weight is 302 g/mol. The number of rotatable bonds is 6. The zero-order valence-electron chi connectivity index (χ0n) is 9.98. The Morgan fingerprint density at radius 1 is 1.29 bits per heavy atom. The Kier molecular flexibility index (Phi) is 12.6. The van der Waals surface area contributed by atoms with E-state index in [0.717, 1.165) is 17.0 Å². The Hall–Kier alpha value is -0.0300. The zero-order chi connectivity index (χ0) is 11.1. The van der Waals surface area contributed by atoms with E-state index in [4.69, 9.17) is 16.4 Å². The van der Waals surface area contributed by atoms with Gasteiger partial charge in [0.2, 0.25) is 0 Å². The molecular formula is C11H19Cl3N2O. The minimum Gasteiger partial charge on any atom is -0.284 e. The highest BCUT2D eigenvalue weighted by molar-refractivity contribution is 6.31. The van der Waals surface area contributed by atoms with E-state index in [9.17, 15) is 0 Å². The van der Waals surface area contributed by atoms with Crippen molar-refractivity contribution in [3.8, 4) is 0 Å². The van der Waals surface area contributed by atoms with Gasteiger partial charge in [0.25, 0.3) is 0 Å². The molecule has 1 N–H and O–H groups in total. The Morgan fingerprint density at radius 3 is 2.47 bits per heavy atom. The Balaban J connectivity index is 0. The fraction of sp³-hybridized carbons (Fsp3) is 0.455. The van der Waals surface area contributed by atoms with Crippen LogP contribution in [0, 0.1) is 0 Å². The van der Waals surface area contributed by atoms with Gasteiger partial charge >= 0.3 is 0 Å². The first-order valence-corrected chi connectivity index (χ1v) is 5.47. The summed E-state index contributed by atoms with van der Waals surface area (Å²) >= 11 is 6.05. The molecule has 0 spiro atoms. The monoisotopic (exact) mass is 300 g/mol. The van der Waals surface area contributed by atoms with Crippen molar-refractivity contribution in [2.45, 2.75) is 19.9 Å². The minimum atomic E-state index is 0. The van der Waals surface area contributed by atoms with Crippen molar-refractivity contribution in [2.75, 3.05) is 13.7 Å². The molecule has 0 aliphatic rings. The Morgan fingerprint density at radius 2 is 1.94 bits per heavy atom. The van der Waals surface area contributed by atoms with Gasteiger partial charge in [0.15, 0.2) is 0 Å². The molecule has 100 valence electrons. The van der Waals surface area contributed by atoms with Crippen LogP contribution in [-0.2, 0) is 11.4 Å². The molecule has 1 rings (SSSR count). The highest BCUT2D eigenvalue weighted by Gasteiger charge is 2.06. The van der Waals surface area contributed by atoms with Gasteiger partial charge in [-0.15, -0.1) is 30.0 Å². The second-order valence-electron chi connectivity index (χ2n) is 3.18. The van der Waals surface area contributed by atoms with Crippen LogP contribution in [0.15, 0.2) is 24.3 Å². The molecule has 0 aliphatic carbocycles. The van der Waals surface area contributed by atoms with Gasteiger partial charge in [-0.1, -0.05) is 36.7 Å². The third kappa shape index (κ3) is 7.09. The normalized spacial score (nSPS) is 9.65. The highest BCUT2D eigenvalue weighted by atomic mass is 35.5. The summed E-state index contributed by atoms with van der Waals surface area (Å²) < 4.78 is 0. The average Bonchev–Trinajstić information content (AvgIpc) is 2.26. The van der Waals surface area contributed by atoms with Crippen LogP contribution in [0.25, 0.3) is 0 Å². The molecule has 0 atom stereocenters. The molecular weight excluding hydrogens is 282 g/mol. The van der Waals surface area contributed by atoms with Crippen molar-refractivity contribution in [1.29, 1.82) is 0 Å². The first-order chi connectivity index (χ1) is 7.27. The van der Waals surface area contributed by atoms with Crippen LogP contribution in [0.3, 0.4) is 0 Å². The van der Waals surface area contributed by atoms with Crippen molar-refractivity contribution >= 4 is 36.4 Å². The summed E-state index contributed by atoms with van der Waals surface area (Å²) in [5.41, 5.74) is 4.01. The zero-order valence-corrected chi connectivity index (χ0v) is 12.4. The molecule has 0 bridgehead atoms. The van der Waals surface area contributed by atoms with Crippen LogP contribution in [0.1, 0.15) is 18.9 Å². The van der Waals surface area contributed by atoms with E-state index in [1.165, 1.54) is 0 Å². The number of hydrazine groups is 1. The summed E-state index contributed by atoms with van der Waals surface area (Å²) in [4.78, 5) is 5.46. The fourth-order valence-electron chi connectivity index (χ4n) is 1.17. The number of hydrogen-bond acceptors (Lipinski definition) is 3. The summed E-state index contributed by atoms with van der Waals surface area (Å²) in [6, 6.07) is 7.75. The third-order valence-corrected chi connectivity index (χ3v) is 2.34. The molecule has 0 aromatic heterocycles. The van der Waals surface area contributed by atoms with Crippen LogP contribution in [0.2, 0.25) is 5.02 Å². The molecule has 6 heteroatoms. The number of hydrogen-bond donors (Lipinski definition) is 1. The van der Waals surface area contributed by atoms with E-state index in [-0.39, 0.29) is 24.8 Å². The van der Waals surface area contributed by atoms with Gasteiger partial charge in [-0.25, -0.2) is 5.43 Å². The van der Waals surface area contributed by atoms with Crippen molar-refractivity contribution in [2.24, 2.45) is 0 Å². The third-order valence-electron chi connectivity index (χ3n) is 1.97. The molecule has 0 saturated carbocycles. The molecule has 0 radical (unpaired) electrons. The van der Waals surface area contributed by atoms with E-state index in [2.05, 4.69) is 12.3 Å². The van der Waals surface area contributed by atoms with Crippen LogP contribution in [0.4, 0.5) is 0 Å². The SMILES string of the molecule is CCCON(Cc1ccccc1Cl)NC.Cl.Cl. The summed E-state index contributed by atoms with van der Waals surface area (Å²) in [6.07, 6.45) is 0.987. The molecule has 0 unspecified atom stereocenters. The molecule has 0 amide bonds. The molecule has 0 heterocycles. The second-order valence-corrected chi connectivity index (χ2v) is 3.59. The lowest BCUT2D eigenvalue weighted by atomic mass is 10.2. The molecule has 3 nitrogen and oxygen atoms in total. The van der Waals surface area contributed by atoms with Crippen LogP contribution < -0.4 is 5.43 Å². The van der Waals surface area contributed by atoms with Crippen molar-refractivity contribution in [1.82, 2.24) is 10.6 Å². The van der Waals surface area contributed by atoms with Crippen molar-refractivity contribution in [3.05, 3.63) is 34.9 Å². The predicted octanol–water partition coefficient (Wildman–Crippen LogP) is 3.46. The molecule has 0 fully saturated rings. The topological polar surface area (TPSA) is 24.5 Å². The molecule has 17 heavy (non-hydrogen) atoms. The number of hydroxylamine groups is 1. The number of halogens is 3. The lowest BCUT2D eigenvalue weighted by Crippen LogP contribution is -2.34. The largest absolute Gasteiger partial charge is 0.284 e. The number of nitrogens with zero attached hydrogens (tertiary/aromatic N) is 1. The number of nitrogens with one attached hydrogen (secondary N) is 1. The fourth-order valence-corrected chi connectivity index (χ4v) is 1.37. The van der Waals surface area contributed by atoms with E-state index >= 15 is 0 Å². The predicted molar refractivity (Wildman–Crippen MR) is 76.8 cm³/mol. The molecule has 1 aromatic carbocycles. The summed E-state index contributed by atoms with van der Waals surface area (Å²) in [6.45, 7) is 3.41. The smallest absolute Gasteiger partial charge is 0.0699 e. The molecule has 1 aromatic rings. The van der Waals surface area contributed by atoms with E-state index in [0.29, 0.717) is 13.2 Å². The van der Waals surface area contributed by atoms with Gasteiger partial charge in [-0.05, 0) is 18.1 Å². The maximum Gasteiger partial charge on any atom is 0.0699 e. The Bertz CT molecular complexity index is 300. The van der Waals surface area contributed by atoms with Crippen LogP contribution >= 0.6 is 36.4 Å². The standard InChI is InChI=1S/C11H17ClN2O.2ClH/c1-3-8-15-14(13-2)9-10-6-4-5-7-11(10)12;;/h4-7,13H,3,8-9H2,1-2H3;2*1H. The highest BCUT2D eigenvalue weighted by Crippen LogP contribution is 2.16. The van der Waals surface area contributed by atoms with Gasteiger partial charge in [-0.3, -0.25) is 4.84 Å². The summed E-state index contributed by atoms with van der Waals surface area (Å²) in [7, 11) is 1.83. The van der Waals surface area contributed by atoms with Gasteiger partial charge in [0.1, 0.15) is 0 Å². The second kappa shape index (κ2) is 11.1. The molecule has 0 saturated heterocycles. The first kappa shape index (κ1) is 19.3. The maximum atomic E-state index is 6.05. The van der Waals surface area contributed by atoms with Crippen LogP contribution in [0.5, 0.6) is 0 Å².